The standard InChI is InChI=1S/C9H9ClN4OS2/c1-2-15-4-7-13-6(10)3-8(14-7)16-9-11-5-12-17-9/h3,5H,2,4H2,1H3. The van der Waals surface area contributed by atoms with Gasteiger partial charge in [0.15, 0.2) is 10.2 Å². The lowest BCUT2D eigenvalue weighted by Crippen LogP contribution is -2.00. The second-order valence-electron chi connectivity index (χ2n) is 2.89. The van der Waals surface area contributed by atoms with Crippen molar-refractivity contribution in [2.45, 2.75) is 22.9 Å². The molecule has 0 radical (unpaired) electrons. The van der Waals surface area contributed by atoms with Crippen molar-refractivity contribution in [3.8, 4) is 0 Å². The monoisotopic (exact) mass is 288 g/mol. The van der Waals surface area contributed by atoms with Crippen molar-refractivity contribution in [2.24, 2.45) is 0 Å². The molecular formula is C9H9ClN4OS2. The van der Waals surface area contributed by atoms with Crippen LogP contribution in [0.1, 0.15) is 12.7 Å². The van der Waals surface area contributed by atoms with Gasteiger partial charge in [-0.1, -0.05) is 11.6 Å². The van der Waals surface area contributed by atoms with Crippen molar-refractivity contribution in [2.75, 3.05) is 6.61 Å². The van der Waals surface area contributed by atoms with E-state index in [4.69, 9.17) is 16.3 Å². The summed E-state index contributed by atoms with van der Waals surface area (Å²) in [4.78, 5) is 12.5. The third-order valence-corrected chi connectivity index (χ3v) is 3.51. The van der Waals surface area contributed by atoms with Gasteiger partial charge in [0.25, 0.3) is 0 Å². The van der Waals surface area contributed by atoms with Crippen LogP contribution < -0.4 is 0 Å². The van der Waals surface area contributed by atoms with Gasteiger partial charge in [-0.05, 0) is 30.2 Å². The zero-order chi connectivity index (χ0) is 12.1. The molecule has 90 valence electrons. The zero-order valence-electron chi connectivity index (χ0n) is 8.96. The van der Waals surface area contributed by atoms with Gasteiger partial charge in [-0.2, -0.15) is 4.37 Å². The van der Waals surface area contributed by atoms with Crippen LogP contribution in [0.4, 0.5) is 0 Å². The highest BCUT2D eigenvalue weighted by molar-refractivity contribution is 8.00. The van der Waals surface area contributed by atoms with Gasteiger partial charge in [0.05, 0.1) is 0 Å². The summed E-state index contributed by atoms with van der Waals surface area (Å²) in [6.07, 6.45) is 1.51. The number of rotatable bonds is 5. The number of halogens is 1. The van der Waals surface area contributed by atoms with E-state index in [1.807, 2.05) is 6.92 Å². The Bertz CT molecular complexity index is 480. The predicted molar refractivity (Wildman–Crippen MR) is 66.4 cm³/mol. The minimum Gasteiger partial charge on any atom is -0.374 e. The van der Waals surface area contributed by atoms with Crippen LogP contribution in [-0.4, -0.2) is 25.9 Å². The van der Waals surface area contributed by atoms with Crippen LogP contribution in [0.15, 0.2) is 21.8 Å². The Morgan fingerprint density at radius 1 is 1.47 bits per heavy atom. The van der Waals surface area contributed by atoms with E-state index in [2.05, 4.69) is 19.3 Å². The maximum atomic E-state index is 5.92. The van der Waals surface area contributed by atoms with E-state index < -0.39 is 0 Å². The van der Waals surface area contributed by atoms with Gasteiger partial charge < -0.3 is 4.74 Å². The summed E-state index contributed by atoms with van der Waals surface area (Å²) < 4.78 is 9.99. The maximum absolute atomic E-state index is 5.92. The predicted octanol–water partition coefficient (Wildman–Crippen LogP) is 2.67. The van der Waals surface area contributed by atoms with E-state index in [0.717, 1.165) is 9.37 Å². The molecule has 0 fully saturated rings. The molecule has 0 saturated carbocycles. The quantitative estimate of drug-likeness (QED) is 0.788. The summed E-state index contributed by atoms with van der Waals surface area (Å²) >= 11 is 8.64. The smallest absolute Gasteiger partial charge is 0.175 e. The summed E-state index contributed by atoms with van der Waals surface area (Å²) in [5, 5.41) is 1.15. The van der Waals surface area contributed by atoms with E-state index in [1.165, 1.54) is 29.6 Å². The molecule has 0 atom stereocenters. The fourth-order valence-corrected chi connectivity index (χ4v) is 2.73. The Morgan fingerprint density at radius 3 is 3.06 bits per heavy atom. The molecule has 0 saturated heterocycles. The van der Waals surface area contributed by atoms with Gasteiger partial charge in [0.2, 0.25) is 0 Å². The van der Waals surface area contributed by atoms with E-state index >= 15 is 0 Å². The van der Waals surface area contributed by atoms with Crippen LogP contribution in [0.3, 0.4) is 0 Å². The van der Waals surface area contributed by atoms with Gasteiger partial charge >= 0.3 is 0 Å². The van der Waals surface area contributed by atoms with Crippen LogP contribution in [0.5, 0.6) is 0 Å². The van der Waals surface area contributed by atoms with Gasteiger partial charge in [-0.25, -0.2) is 15.0 Å². The van der Waals surface area contributed by atoms with Crippen LogP contribution in [-0.2, 0) is 11.3 Å². The first-order valence-corrected chi connectivity index (χ1v) is 6.80. The molecule has 0 spiro atoms. The molecule has 0 N–H and O–H groups in total. The Labute approximate surface area is 112 Å². The molecule has 2 aromatic rings. The molecule has 0 amide bonds. The lowest BCUT2D eigenvalue weighted by atomic mass is 10.6. The van der Waals surface area contributed by atoms with Crippen molar-refractivity contribution in [1.29, 1.82) is 0 Å². The summed E-state index contributed by atoms with van der Waals surface area (Å²) in [6.45, 7) is 2.90. The average molecular weight is 289 g/mol. The third kappa shape index (κ3) is 3.88. The number of ether oxygens (including phenoxy) is 1. The van der Waals surface area contributed by atoms with Crippen molar-refractivity contribution in [3.05, 3.63) is 23.4 Å². The molecule has 0 aliphatic heterocycles. The lowest BCUT2D eigenvalue weighted by molar-refractivity contribution is 0.128. The molecule has 0 bridgehead atoms. The van der Waals surface area contributed by atoms with Crippen molar-refractivity contribution in [3.63, 3.8) is 0 Å². The molecule has 0 aliphatic carbocycles. The molecule has 2 heterocycles. The van der Waals surface area contributed by atoms with E-state index in [1.54, 1.807) is 6.07 Å². The highest BCUT2D eigenvalue weighted by Crippen LogP contribution is 2.27. The molecule has 2 aromatic heterocycles. The summed E-state index contributed by atoms with van der Waals surface area (Å²) in [6, 6.07) is 1.70. The summed E-state index contributed by atoms with van der Waals surface area (Å²) in [5.74, 6) is 0.575. The topological polar surface area (TPSA) is 60.8 Å². The first kappa shape index (κ1) is 12.7. The normalized spacial score (nSPS) is 10.7. The average Bonchev–Trinajstić information content (AvgIpc) is 2.78. The first-order chi connectivity index (χ1) is 8.28. The largest absolute Gasteiger partial charge is 0.374 e. The Balaban J connectivity index is 2.13. The number of hydrogen-bond acceptors (Lipinski definition) is 7. The minimum absolute atomic E-state index is 0.362. The van der Waals surface area contributed by atoms with Gasteiger partial charge in [0, 0.05) is 12.7 Å². The Kier molecular flexibility index (Phi) is 4.66. The molecule has 5 nitrogen and oxygen atoms in total. The van der Waals surface area contributed by atoms with Gasteiger partial charge in [-0.15, -0.1) is 0 Å². The number of nitrogens with zero attached hydrogens (tertiary/aromatic N) is 4. The highest BCUT2D eigenvalue weighted by atomic mass is 35.5. The summed E-state index contributed by atoms with van der Waals surface area (Å²) in [7, 11) is 0. The minimum atomic E-state index is 0.362. The van der Waals surface area contributed by atoms with Crippen molar-refractivity contribution in [1.82, 2.24) is 19.3 Å². The molecular weight excluding hydrogens is 280 g/mol. The second-order valence-corrected chi connectivity index (χ2v) is 5.33. The van der Waals surface area contributed by atoms with Gasteiger partial charge in [-0.3, -0.25) is 0 Å². The van der Waals surface area contributed by atoms with Crippen LogP contribution in [0.25, 0.3) is 0 Å². The fraction of sp³-hybridized carbons (Fsp3) is 0.333. The Hall–Kier alpha value is -0.760. The Morgan fingerprint density at radius 2 is 2.35 bits per heavy atom. The highest BCUT2D eigenvalue weighted by Gasteiger charge is 2.07. The molecule has 2 rings (SSSR count). The lowest BCUT2D eigenvalue weighted by Gasteiger charge is -2.03. The SMILES string of the molecule is CCOCc1nc(Cl)cc(Sc2ncns2)n1. The van der Waals surface area contributed by atoms with E-state index in [-0.39, 0.29) is 0 Å². The van der Waals surface area contributed by atoms with Crippen LogP contribution >= 0.6 is 34.9 Å². The molecule has 0 aromatic carbocycles. The molecule has 8 heteroatoms. The maximum Gasteiger partial charge on any atom is 0.175 e. The molecule has 17 heavy (non-hydrogen) atoms. The second kappa shape index (κ2) is 6.25. The van der Waals surface area contributed by atoms with Crippen molar-refractivity contribution >= 4 is 34.9 Å². The summed E-state index contributed by atoms with van der Waals surface area (Å²) in [5.41, 5.74) is 0. The van der Waals surface area contributed by atoms with Gasteiger partial charge in [0.1, 0.15) is 23.1 Å². The van der Waals surface area contributed by atoms with Crippen LogP contribution in [0, 0.1) is 0 Å². The number of aromatic nitrogens is 4. The first-order valence-electron chi connectivity index (χ1n) is 4.83. The fourth-order valence-electron chi connectivity index (χ4n) is 1.05. The number of hydrogen-bond donors (Lipinski definition) is 0. The van der Waals surface area contributed by atoms with Crippen LogP contribution in [0.2, 0.25) is 5.15 Å². The molecule has 0 unspecified atom stereocenters. The zero-order valence-corrected chi connectivity index (χ0v) is 11.3. The third-order valence-electron chi connectivity index (χ3n) is 1.69. The van der Waals surface area contributed by atoms with E-state index in [9.17, 15) is 0 Å². The molecule has 0 aliphatic rings. The van der Waals surface area contributed by atoms with Crippen molar-refractivity contribution < 1.29 is 4.74 Å². The van der Waals surface area contributed by atoms with E-state index in [0.29, 0.717) is 24.2 Å².